The molecule has 0 spiro atoms. The molecular formula is C14H13FO. The number of rotatable bonds is 1. The molecule has 0 aliphatic heterocycles. The SMILES string of the molecule is Cc1cc(-c2ccccc2F)cc(C)c1O. The van der Waals surface area contributed by atoms with E-state index in [0.717, 1.165) is 16.7 Å². The topological polar surface area (TPSA) is 20.2 Å². The monoisotopic (exact) mass is 216 g/mol. The van der Waals surface area contributed by atoms with Crippen LogP contribution in [-0.4, -0.2) is 5.11 Å². The molecule has 16 heavy (non-hydrogen) atoms. The van der Waals surface area contributed by atoms with E-state index in [-0.39, 0.29) is 11.6 Å². The van der Waals surface area contributed by atoms with Crippen molar-refractivity contribution in [2.45, 2.75) is 13.8 Å². The molecule has 0 heterocycles. The zero-order chi connectivity index (χ0) is 11.7. The second-order valence-corrected chi connectivity index (χ2v) is 3.94. The average molecular weight is 216 g/mol. The Morgan fingerprint density at radius 3 is 2.12 bits per heavy atom. The second kappa shape index (κ2) is 3.97. The van der Waals surface area contributed by atoms with Crippen molar-refractivity contribution in [1.82, 2.24) is 0 Å². The highest BCUT2D eigenvalue weighted by molar-refractivity contribution is 5.67. The molecule has 0 radical (unpaired) electrons. The molecule has 2 heteroatoms. The van der Waals surface area contributed by atoms with Gasteiger partial charge in [0, 0.05) is 5.56 Å². The molecule has 1 nitrogen and oxygen atoms in total. The molecule has 2 aromatic carbocycles. The Morgan fingerprint density at radius 2 is 1.56 bits per heavy atom. The van der Waals surface area contributed by atoms with Crippen LogP contribution in [-0.2, 0) is 0 Å². The Morgan fingerprint density at radius 1 is 1.00 bits per heavy atom. The smallest absolute Gasteiger partial charge is 0.131 e. The van der Waals surface area contributed by atoms with E-state index in [2.05, 4.69) is 0 Å². The average Bonchev–Trinajstić information content (AvgIpc) is 2.26. The Hall–Kier alpha value is -1.83. The predicted molar refractivity (Wildman–Crippen MR) is 63.0 cm³/mol. The van der Waals surface area contributed by atoms with Gasteiger partial charge in [-0.3, -0.25) is 0 Å². The summed E-state index contributed by atoms with van der Waals surface area (Å²) in [6.45, 7) is 3.62. The van der Waals surface area contributed by atoms with Crippen molar-refractivity contribution in [3.05, 3.63) is 53.3 Å². The summed E-state index contributed by atoms with van der Waals surface area (Å²) in [4.78, 5) is 0. The third-order valence-corrected chi connectivity index (χ3v) is 2.68. The minimum Gasteiger partial charge on any atom is -0.507 e. The highest BCUT2D eigenvalue weighted by Crippen LogP contribution is 2.30. The molecular weight excluding hydrogens is 203 g/mol. The molecule has 2 aromatic rings. The van der Waals surface area contributed by atoms with Crippen LogP contribution >= 0.6 is 0 Å². The third kappa shape index (κ3) is 1.78. The Labute approximate surface area is 94.2 Å². The maximum absolute atomic E-state index is 13.6. The van der Waals surface area contributed by atoms with Crippen molar-refractivity contribution < 1.29 is 9.50 Å². The number of benzene rings is 2. The van der Waals surface area contributed by atoms with Crippen LogP contribution in [0.3, 0.4) is 0 Å². The van der Waals surface area contributed by atoms with Gasteiger partial charge < -0.3 is 5.11 Å². The van der Waals surface area contributed by atoms with E-state index in [9.17, 15) is 9.50 Å². The van der Waals surface area contributed by atoms with Gasteiger partial charge in [-0.05, 0) is 48.7 Å². The van der Waals surface area contributed by atoms with Crippen molar-refractivity contribution in [2.75, 3.05) is 0 Å². The van der Waals surface area contributed by atoms with E-state index < -0.39 is 0 Å². The lowest BCUT2D eigenvalue weighted by molar-refractivity contribution is 0.467. The molecule has 82 valence electrons. The molecule has 0 saturated carbocycles. The lowest BCUT2D eigenvalue weighted by Crippen LogP contribution is -1.87. The van der Waals surface area contributed by atoms with E-state index >= 15 is 0 Å². The van der Waals surface area contributed by atoms with Crippen molar-refractivity contribution in [3.63, 3.8) is 0 Å². The van der Waals surface area contributed by atoms with Crippen LogP contribution in [0.5, 0.6) is 5.75 Å². The van der Waals surface area contributed by atoms with Gasteiger partial charge in [0.2, 0.25) is 0 Å². The van der Waals surface area contributed by atoms with Crippen molar-refractivity contribution in [3.8, 4) is 16.9 Å². The van der Waals surface area contributed by atoms with E-state index in [1.165, 1.54) is 6.07 Å². The minimum absolute atomic E-state index is 0.244. The number of aromatic hydroxyl groups is 1. The van der Waals surface area contributed by atoms with Gasteiger partial charge >= 0.3 is 0 Å². The first-order valence-electron chi connectivity index (χ1n) is 5.14. The number of halogens is 1. The highest BCUT2D eigenvalue weighted by atomic mass is 19.1. The molecule has 0 atom stereocenters. The number of phenols is 1. The molecule has 2 rings (SSSR count). The van der Waals surface area contributed by atoms with Crippen LogP contribution in [0.15, 0.2) is 36.4 Å². The van der Waals surface area contributed by atoms with E-state index in [1.54, 1.807) is 30.3 Å². The molecule has 0 aromatic heterocycles. The van der Waals surface area contributed by atoms with E-state index in [0.29, 0.717) is 5.56 Å². The van der Waals surface area contributed by atoms with Gasteiger partial charge in [0.15, 0.2) is 0 Å². The van der Waals surface area contributed by atoms with Crippen LogP contribution in [0.1, 0.15) is 11.1 Å². The second-order valence-electron chi connectivity index (χ2n) is 3.94. The predicted octanol–water partition coefficient (Wildman–Crippen LogP) is 3.82. The van der Waals surface area contributed by atoms with Crippen molar-refractivity contribution in [1.29, 1.82) is 0 Å². The van der Waals surface area contributed by atoms with Gasteiger partial charge in [-0.2, -0.15) is 0 Å². The number of phenolic OH excluding ortho intramolecular Hbond substituents is 1. The first kappa shape index (κ1) is 10.7. The summed E-state index contributed by atoms with van der Waals surface area (Å²) >= 11 is 0. The lowest BCUT2D eigenvalue weighted by atomic mass is 9.99. The largest absolute Gasteiger partial charge is 0.507 e. The molecule has 0 aliphatic carbocycles. The van der Waals surface area contributed by atoms with Crippen LogP contribution < -0.4 is 0 Å². The van der Waals surface area contributed by atoms with Crippen LogP contribution in [0.25, 0.3) is 11.1 Å². The lowest BCUT2D eigenvalue weighted by Gasteiger charge is -2.08. The molecule has 0 aliphatic rings. The fourth-order valence-corrected chi connectivity index (χ4v) is 1.81. The van der Waals surface area contributed by atoms with Gasteiger partial charge in [-0.15, -0.1) is 0 Å². The van der Waals surface area contributed by atoms with Gasteiger partial charge in [0.1, 0.15) is 11.6 Å². The van der Waals surface area contributed by atoms with E-state index in [4.69, 9.17) is 0 Å². The van der Waals surface area contributed by atoms with Gasteiger partial charge in [0.25, 0.3) is 0 Å². The summed E-state index contributed by atoms with van der Waals surface area (Å²) in [5, 5.41) is 9.65. The highest BCUT2D eigenvalue weighted by Gasteiger charge is 2.08. The fraction of sp³-hybridized carbons (Fsp3) is 0.143. The van der Waals surface area contributed by atoms with Gasteiger partial charge in [-0.1, -0.05) is 18.2 Å². The Bertz CT molecular complexity index is 509. The summed E-state index contributed by atoms with van der Waals surface area (Å²) in [5.74, 6) is 0.0343. The summed E-state index contributed by atoms with van der Waals surface area (Å²) < 4.78 is 13.6. The maximum atomic E-state index is 13.6. The summed E-state index contributed by atoms with van der Waals surface area (Å²) in [7, 11) is 0. The third-order valence-electron chi connectivity index (χ3n) is 2.68. The standard InChI is InChI=1S/C14H13FO/c1-9-7-11(8-10(2)14(9)16)12-5-3-4-6-13(12)15/h3-8,16H,1-2H3. The van der Waals surface area contributed by atoms with Crippen molar-refractivity contribution >= 4 is 0 Å². The molecule has 0 fully saturated rings. The number of aryl methyl sites for hydroxylation is 2. The van der Waals surface area contributed by atoms with Gasteiger partial charge in [0.05, 0.1) is 0 Å². The van der Waals surface area contributed by atoms with E-state index in [1.807, 2.05) is 13.8 Å². The molecule has 1 N–H and O–H groups in total. The quantitative estimate of drug-likeness (QED) is 0.768. The normalized spacial score (nSPS) is 10.4. The summed E-state index contributed by atoms with van der Waals surface area (Å²) in [6.07, 6.45) is 0. The first-order chi connectivity index (χ1) is 7.59. The van der Waals surface area contributed by atoms with Crippen molar-refractivity contribution in [2.24, 2.45) is 0 Å². The number of hydrogen-bond acceptors (Lipinski definition) is 1. The zero-order valence-electron chi connectivity index (χ0n) is 9.29. The minimum atomic E-state index is -0.244. The Kier molecular flexibility index (Phi) is 2.65. The molecule has 0 unspecified atom stereocenters. The summed E-state index contributed by atoms with van der Waals surface area (Å²) in [5.41, 5.74) is 2.89. The fourth-order valence-electron chi connectivity index (χ4n) is 1.81. The van der Waals surface area contributed by atoms with Crippen LogP contribution in [0.4, 0.5) is 4.39 Å². The molecule has 0 saturated heterocycles. The Balaban J connectivity index is 2.62. The number of hydrogen-bond donors (Lipinski definition) is 1. The molecule has 0 bridgehead atoms. The maximum Gasteiger partial charge on any atom is 0.131 e. The zero-order valence-corrected chi connectivity index (χ0v) is 9.29. The summed E-state index contributed by atoms with van der Waals surface area (Å²) in [6, 6.07) is 10.2. The van der Waals surface area contributed by atoms with Crippen LogP contribution in [0, 0.1) is 19.7 Å². The molecule has 0 amide bonds. The van der Waals surface area contributed by atoms with Gasteiger partial charge in [-0.25, -0.2) is 4.39 Å². The first-order valence-corrected chi connectivity index (χ1v) is 5.14. The van der Waals surface area contributed by atoms with Crippen LogP contribution in [0.2, 0.25) is 0 Å².